The summed E-state index contributed by atoms with van der Waals surface area (Å²) in [5.41, 5.74) is 5.23. The molecule has 8 heteroatoms. The fraction of sp³-hybridized carbons (Fsp3) is 0.762. The third kappa shape index (κ3) is 6.44. The van der Waals surface area contributed by atoms with Crippen LogP contribution >= 0.6 is 0 Å². The van der Waals surface area contributed by atoms with E-state index in [9.17, 15) is 15.0 Å². The summed E-state index contributed by atoms with van der Waals surface area (Å²) in [4.78, 5) is 17.9. The van der Waals surface area contributed by atoms with E-state index >= 15 is 0 Å². The SMILES string of the molecule is C=C1CCCC2=NC[C@H](C)CCC23CCC(C2C=C(C)C(=O)O2)=C(C)C3/C=C(\C)C(O)CC2OC3(CCC4(OC(CCC4(C)O)C1)O3)C[C@H]2C. The lowest BCUT2D eigenvalue weighted by Crippen LogP contribution is -2.60. The molecule has 6 aliphatic heterocycles. The van der Waals surface area contributed by atoms with Gasteiger partial charge in [-0.15, -0.1) is 0 Å². The van der Waals surface area contributed by atoms with Gasteiger partial charge in [0.15, 0.2) is 5.79 Å². The van der Waals surface area contributed by atoms with Crippen LogP contribution in [0.5, 0.6) is 0 Å². The monoisotopic (exact) mass is 691 g/mol. The summed E-state index contributed by atoms with van der Waals surface area (Å²) in [6.45, 7) is 17.8. The van der Waals surface area contributed by atoms with Gasteiger partial charge < -0.3 is 29.2 Å². The molecular formula is C42H61NO7. The lowest BCUT2D eigenvalue weighted by atomic mass is 9.58. The first-order valence-corrected chi connectivity index (χ1v) is 19.6. The zero-order valence-corrected chi connectivity index (χ0v) is 31.4. The number of ether oxygens (including phenoxy) is 4. The zero-order valence-electron chi connectivity index (χ0n) is 31.4. The quantitative estimate of drug-likeness (QED) is 0.213. The van der Waals surface area contributed by atoms with Crippen LogP contribution in [0.25, 0.3) is 0 Å². The fourth-order valence-electron chi connectivity index (χ4n) is 10.5. The van der Waals surface area contributed by atoms with E-state index in [0.717, 1.165) is 69.9 Å². The Morgan fingerprint density at radius 2 is 1.78 bits per heavy atom. The predicted octanol–water partition coefficient (Wildman–Crippen LogP) is 7.83. The Morgan fingerprint density at radius 3 is 2.54 bits per heavy atom. The number of nitrogens with zero attached hydrogens (tertiary/aromatic N) is 1. The Labute approximate surface area is 299 Å². The van der Waals surface area contributed by atoms with E-state index < -0.39 is 23.3 Å². The van der Waals surface area contributed by atoms with Gasteiger partial charge in [-0.25, -0.2) is 4.79 Å². The topological polar surface area (TPSA) is 107 Å². The van der Waals surface area contributed by atoms with E-state index in [1.807, 2.05) is 19.9 Å². The van der Waals surface area contributed by atoms with Crippen molar-refractivity contribution < 1.29 is 34.0 Å². The Balaban J connectivity index is 1.27. The molecule has 1 aliphatic carbocycles. The molecule has 2 N–H and O–H groups in total. The van der Waals surface area contributed by atoms with Crippen molar-refractivity contribution in [1.29, 1.82) is 0 Å². The van der Waals surface area contributed by atoms with Crippen molar-refractivity contribution in [3.05, 3.63) is 46.6 Å². The van der Waals surface area contributed by atoms with Crippen LogP contribution in [0.4, 0.5) is 0 Å². The second kappa shape index (κ2) is 13.4. The highest BCUT2D eigenvalue weighted by Crippen LogP contribution is 2.57. The fourth-order valence-corrected chi connectivity index (χ4v) is 10.5. The summed E-state index contributed by atoms with van der Waals surface area (Å²) in [7, 11) is 0. The maximum absolute atomic E-state index is 12.5. The maximum Gasteiger partial charge on any atom is 0.334 e. The first kappa shape index (κ1) is 36.3. The number of allylic oxidation sites excluding steroid dienone is 2. The van der Waals surface area contributed by atoms with Gasteiger partial charge in [0, 0.05) is 54.8 Å². The Kier molecular flexibility index (Phi) is 9.71. The van der Waals surface area contributed by atoms with Gasteiger partial charge in [-0.3, -0.25) is 4.99 Å². The largest absolute Gasteiger partial charge is 0.450 e. The molecule has 8 nitrogen and oxygen atoms in total. The van der Waals surface area contributed by atoms with Crippen molar-refractivity contribution >= 4 is 11.7 Å². The van der Waals surface area contributed by atoms with Crippen LogP contribution < -0.4 is 0 Å². The predicted molar refractivity (Wildman–Crippen MR) is 193 cm³/mol. The molecule has 0 aromatic carbocycles. The Morgan fingerprint density at radius 1 is 0.980 bits per heavy atom. The average Bonchev–Trinajstić information content (AvgIpc) is 3.65. The number of carbonyl (C=O) groups is 1. The second-order valence-electron chi connectivity index (χ2n) is 17.6. The normalized spacial score (nSPS) is 47.0. The van der Waals surface area contributed by atoms with Crippen LogP contribution in [-0.2, 0) is 23.7 Å². The highest BCUT2D eigenvalue weighted by molar-refractivity contribution is 5.92. The number of cyclic esters (lactones) is 1. The smallest absolute Gasteiger partial charge is 0.334 e. The van der Waals surface area contributed by atoms with E-state index in [0.29, 0.717) is 43.6 Å². The molecule has 7 aliphatic rings. The van der Waals surface area contributed by atoms with E-state index in [4.69, 9.17) is 23.9 Å². The Hall–Kier alpha value is -2.10. The van der Waals surface area contributed by atoms with Gasteiger partial charge in [0.25, 0.3) is 0 Å². The molecule has 0 amide bonds. The summed E-state index contributed by atoms with van der Waals surface area (Å²) in [5, 5.41) is 23.5. The van der Waals surface area contributed by atoms with Crippen molar-refractivity contribution in [3.63, 3.8) is 0 Å². The summed E-state index contributed by atoms with van der Waals surface area (Å²) in [6.07, 6.45) is 14.2. The minimum atomic E-state index is -1.12. The minimum Gasteiger partial charge on any atom is -0.450 e. The number of aliphatic hydroxyl groups is 2. The summed E-state index contributed by atoms with van der Waals surface area (Å²) >= 11 is 0. The van der Waals surface area contributed by atoms with Crippen molar-refractivity contribution in [2.24, 2.45) is 28.2 Å². The number of fused-ring (bicyclic) bond motifs is 2. The number of hydrogen-bond donors (Lipinski definition) is 2. The van der Waals surface area contributed by atoms with Crippen LogP contribution in [0.1, 0.15) is 131 Å². The molecule has 4 bridgehead atoms. The molecule has 6 heterocycles. The van der Waals surface area contributed by atoms with Crippen molar-refractivity contribution in [1.82, 2.24) is 0 Å². The standard InChI is InChI=1S/C42H61NO7/c1-25-9-8-10-37-40(15-11-26(2)24-43-37)16-13-32(36-21-28(4)38(45)47-36)30(6)33(40)20-27(3)34(44)22-35-29(5)23-41(49-35)17-18-42(50-41)39(7,46)14-12-31(19-25)48-42/h20-21,26,29,31,33-36,44,46H,1,8-19,22-24H2,2-7H3/b27-20+/t26-,29-,31?,33?,34?,35?,36?,39?,40?,41?,42?/m1/s1. The second-order valence-corrected chi connectivity index (χ2v) is 17.6. The summed E-state index contributed by atoms with van der Waals surface area (Å²) in [6, 6.07) is 0. The van der Waals surface area contributed by atoms with Crippen molar-refractivity contribution in [3.8, 4) is 0 Å². The number of aliphatic hydroxyl groups excluding tert-OH is 1. The molecule has 0 radical (unpaired) electrons. The molecule has 7 rings (SSSR count). The number of esters is 1. The highest BCUT2D eigenvalue weighted by atomic mass is 16.8. The van der Waals surface area contributed by atoms with Gasteiger partial charge in [0.2, 0.25) is 5.79 Å². The number of rotatable bonds is 1. The van der Waals surface area contributed by atoms with Gasteiger partial charge in [-0.1, -0.05) is 37.6 Å². The van der Waals surface area contributed by atoms with Crippen molar-refractivity contribution in [2.45, 2.75) is 173 Å². The van der Waals surface area contributed by atoms with Crippen LogP contribution in [-0.4, -0.2) is 70.0 Å². The summed E-state index contributed by atoms with van der Waals surface area (Å²) in [5.74, 6) is -1.47. The summed E-state index contributed by atoms with van der Waals surface area (Å²) < 4.78 is 26.2. The Bertz CT molecular complexity index is 1510. The van der Waals surface area contributed by atoms with Gasteiger partial charge >= 0.3 is 5.97 Å². The van der Waals surface area contributed by atoms with E-state index in [1.54, 1.807) is 0 Å². The third-order valence-electron chi connectivity index (χ3n) is 13.8. The third-order valence-corrected chi connectivity index (χ3v) is 13.8. The van der Waals surface area contributed by atoms with Crippen LogP contribution in [0.2, 0.25) is 0 Å². The van der Waals surface area contributed by atoms with Gasteiger partial charge in [0.05, 0.1) is 18.3 Å². The molecule has 9 unspecified atom stereocenters. The molecular weight excluding hydrogens is 630 g/mol. The highest BCUT2D eigenvalue weighted by Gasteiger charge is 2.64. The first-order valence-electron chi connectivity index (χ1n) is 19.6. The molecule has 11 atom stereocenters. The van der Waals surface area contributed by atoms with Crippen LogP contribution in [0.3, 0.4) is 0 Å². The zero-order chi connectivity index (χ0) is 35.6. The van der Waals surface area contributed by atoms with Gasteiger partial charge in [0.1, 0.15) is 11.7 Å². The maximum atomic E-state index is 12.5. The van der Waals surface area contributed by atoms with E-state index in [1.165, 1.54) is 22.4 Å². The molecule has 0 saturated carbocycles. The number of carbonyl (C=O) groups excluding carboxylic acids is 1. The molecule has 3 spiro atoms. The average molecular weight is 692 g/mol. The lowest BCUT2D eigenvalue weighted by Gasteiger charge is -2.49. The molecule has 0 aromatic heterocycles. The molecule has 0 aromatic rings. The number of hydrogen-bond acceptors (Lipinski definition) is 8. The molecule has 3 saturated heterocycles. The van der Waals surface area contributed by atoms with Gasteiger partial charge in [-0.2, -0.15) is 0 Å². The van der Waals surface area contributed by atoms with E-state index in [2.05, 4.69) is 40.3 Å². The van der Waals surface area contributed by atoms with Gasteiger partial charge in [-0.05, 0) is 121 Å². The lowest BCUT2D eigenvalue weighted by molar-refractivity contribution is -0.387. The molecule has 50 heavy (non-hydrogen) atoms. The molecule has 3 fully saturated rings. The van der Waals surface area contributed by atoms with Crippen LogP contribution in [0.15, 0.2) is 51.6 Å². The first-order chi connectivity index (χ1) is 23.6. The van der Waals surface area contributed by atoms with Crippen molar-refractivity contribution in [2.75, 3.05) is 6.54 Å². The molecule has 276 valence electrons. The van der Waals surface area contributed by atoms with Crippen LogP contribution in [0, 0.1) is 23.2 Å². The number of aliphatic imine (C=N–C) groups is 1. The minimum absolute atomic E-state index is 0.0319. The van der Waals surface area contributed by atoms with E-state index in [-0.39, 0.29) is 41.5 Å².